The summed E-state index contributed by atoms with van der Waals surface area (Å²) >= 11 is 0. The molecule has 1 aromatic carbocycles. The van der Waals surface area contributed by atoms with Crippen LogP contribution in [0.1, 0.15) is 29.8 Å². The monoisotopic (exact) mass is 391 g/mol. The highest BCUT2D eigenvalue weighted by atomic mass is 32.2. The Bertz CT molecular complexity index is 907. The molecule has 0 atom stereocenters. The maximum atomic E-state index is 13.2. The van der Waals surface area contributed by atoms with Crippen LogP contribution in [0.2, 0.25) is 0 Å². The van der Waals surface area contributed by atoms with E-state index in [4.69, 9.17) is 0 Å². The molecule has 142 valence electrons. The molecular formula is C16H17F4N3O2S. The van der Waals surface area contributed by atoms with Crippen LogP contribution in [-0.2, 0) is 35.6 Å². The van der Waals surface area contributed by atoms with Gasteiger partial charge in [0.1, 0.15) is 5.82 Å². The Kier molecular flexibility index (Phi) is 5.07. The van der Waals surface area contributed by atoms with Crippen LogP contribution < -0.4 is 4.72 Å². The van der Waals surface area contributed by atoms with Crippen LogP contribution in [0.15, 0.2) is 29.2 Å². The summed E-state index contributed by atoms with van der Waals surface area (Å²) in [5, 5.41) is 3.67. The highest BCUT2D eigenvalue weighted by molar-refractivity contribution is 7.89. The number of aromatic nitrogens is 2. The van der Waals surface area contributed by atoms with Crippen molar-refractivity contribution in [2.45, 2.75) is 43.3 Å². The molecule has 0 unspecified atom stereocenters. The van der Waals surface area contributed by atoms with Gasteiger partial charge >= 0.3 is 6.18 Å². The Balaban J connectivity index is 1.75. The Labute approximate surface area is 148 Å². The number of hydrogen-bond acceptors (Lipinski definition) is 3. The van der Waals surface area contributed by atoms with E-state index in [0.717, 1.165) is 18.6 Å². The van der Waals surface area contributed by atoms with Gasteiger partial charge in [0.05, 0.1) is 11.4 Å². The lowest BCUT2D eigenvalue weighted by Crippen LogP contribution is -2.28. The molecule has 0 aliphatic heterocycles. The van der Waals surface area contributed by atoms with E-state index in [1.54, 1.807) is 0 Å². The van der Waals surface area contributed by atoms with Crippen molar-refractivity contribution in [3.63, 3.8) is 0 Å². The lowest BCUT2D eigenvalue weighted by molar-refractivity contribution is -0.142. The lowest BCUT2D eigenvalue weighted by Gasteiger charge is -2.15. The molecule has 0 bridgehead atoms. The molecular weight excluding hydrogens is 374 g/mol. The molecule has 0 radical (unpaired) electrons. The van der Waals surface area contributed by atoms with Crippen molar-refractivity contribution in [3.05, 3.63) is 47.0 Å². The van der Waals surface area contributed by atoms with Gasteiger partial charge in [-0.3, -0.25) is 4.68 Å². The van der Waals surface area contributed by atoms with Gasteiger partial charge in [0.2, 0.25) is 10.0 Å². The van der Waals surface area contributed by atoms with E-state index in [9.17, 15) is 26.0 Å². The van der Waals surface area contributed by atoms with Gasteiger partial charge in [-0.1, -0.05) is 6.07 Å². The van der Waals surface area contributed by atoms with E-state index in [1.165, 1.54) is 16.8 Å². The van der Waals surface area contributed by atoms with E-state index in [2.05, 4.69) is 9.82 Å². The first kappa shape index (κ1) is 18.8. The summed E-state index contributed by atoms with van der Waals surface area (Å²) in [4.78, 5) is -0.240. The maximum Gasteiger partial charge on any atom is 0.435 e. The van der Waals surface area contributed by atoms with E-state index >= 15 is 0 Å². The molecule has 5 nitrogen and oxygen atoms in total. The molecule has 0 saturated heterocycles. The molecule has 0 amide bonds. The zero-order valence-corrected chi connectivity index (χ0v) is 14.5. The number of nitrogens with zero attached hydrogens (tertiary/aromatic N) is 2. The van der Waals surface area contributed by atoms with Gasteiger partial charge in [0.15, 0.2) is 5.69 Å². The Morgan fingerprint density at radius 3 is 2.62 bits per heavy atom. The third kappa shape index (κ3) is 3.90. The van der Waals surface area contributed by atoms with E-state index in [0.29, 0.717) is 25.0 Å². The van der Waals surface area contributed by atoms with Crippen LogP contribution in [-0.4, -0.2) is 24.7 Å². The summed E-state index contributed by atoms with van der Waals surface area (Å²) in [7, 11) is -3.95. The zero-order chi connectivity index (χ0) is 18.9. The van der Waals surface area contributed by atoms with Gasteiger partial charge in [-0.15, -0.1) is 0 Å². The lowest BCUT2D eigenvalue weighted by atomic mass is 9.95. The van der Waals surface area contributed by atoms with Crippen molar-refractivity contribution in [2.24, 2.45) is 0 Å². The number of rotatable bonds is 5. The first-order chi connectivity index (χ1) is 12.2. The van der Waals surface area contributed by atoms with E-state index in [-0.39, 0.29) is 23.5 Å². The van der Waals surface area contributed by atoms with Gasteiger partial charge in [-0.25, -0.2) is 17.5 Å². The Hall–Kier alpha value is -1.94. The molecule has 1 aliphatic carbocycles. The second-order valence-corrected chi connectivity index (χ2v) is 7.82. The van der Waals surface area contributed by atoms with Crippen LogP contribution in [0, 0.1) is 5.82 Å². The molecule has 2 aromatic rings. The van der Waals surface area contributed by atoms with Crippen molar-refractivity contribution in [1.82, 2.24) is 14.5 Å². The third-order valence-electron chi connectivity index (χ3n) is 4.25. The van der Waals surface area contributed by atoms with Crippen molar-refractivity contribution in [3.8, 4) is 0 Å². The van der Waals surface area contributed by atoms with Crippen molar-refractivity contribution >= 4 is 10.0 Å². The fourth-order valence-corrected chi connectivity index (χ4v) is 4.14. The smallest absolute Gasteiger partial charge is 0.267 e. The number of hydrogen-bond donors (Lipinski definition) is 1. The molecule has 1 N–H and O–H groups in total. The molecule has 1 heterocycles. The normalized spacial score (nSPS) is 15.1. The van der Waals surface area contributed by atoms with Gasteiger partial charge in [0.25, 0.3) is 0 Å². The quantitative estimate of drug-likeness (QED) is 0.798. The van der Waals surface area contributed by atoms with Crippen molar-refractivity contribution in [1.29, 1.82) is 0 Å². The van der Waals surface area contributed by atoms with Crippen LogP contribution in [0.3, 0.4) is 0 Å². The fourth-order valence-electron chi connectivity index (χ4n) is 3.09. The van der Waals surface area contributed by atoms with Gasteiger partial charge in [-0.2, -0.15) is 18.3 Å². The van der Waals surface area contributed by atoms with E-state index < -0.39 is 27.7 Å². The highest BCUT2D eigenvalue weighted by Gasteiger charge is 2.39. The number of benzene rings is 1. The van der Waals surface area contributed by atoms with Crippen LogP contribution in [0.25, 0.3) is 0 Å². The van der Waals surface area contributed by atoms with E-state index in [1.807, 2.05) is 0 Å². The number of alkyl halides is 3. The molecule has 0 spiro atoms. The zero-order valence-electron chi connectivity index (χ0n) is 13.7. The predicted molar refractivity (Wildman–Crippen MR) is 85.5 cm³/mol. The fraction of sp³-hybridized carbons (Fsp3) is 0.438. The standard InChI is InChI=1S/C16H17F4N3O2S/c17-11-4-3-5-12(10-11)26(24,25)21-8-9-23-14-7-2-1-6-13(14)15(22-23)16(18,19)20/h3-5,10,21H,1-2,6-9H2. The van der Waals surface area contributed by atoms with Crippen molar-refractivity contribution < 1.29 is 26.0 Å². The maximum absolute atomic E-state index is 13.2. The summed E-state index contributed by atoms with van der Waals surface area (Å²) in [6.45, 7) is -0.183. The predicted octanol–water partition coefficient (Wildman–Crippen LogP) is 2.90. The average molecular weight is 391 g/mol. The Morgan fingerprint density at radius 1 is 1.19 bits per heavy atom. The number of fused-ring (bicyclic) bond motifs is 1. The summed E-state index contributed by atoms with van der Waals surface area (Å²) in [6, 6.07) is 4.50. The van der Waals surface area contributed by atoms with Gasteiger partial charge < -0.3 is 0 Å². The molecule has 0 saturated carbocycles. The molecule has 3 rings (SSSR count). The van der Waals surface area contributed by atoms with Crippen LogP contribution in [0.4, 0.5) is 17.6 Å². The number of sulfonamides is 1. The van der Waals surface area contributed by atoms with Gasteiger partial charge in [0, 0.05) is 17.8 Å². The third-order valence-corrected chi connectivity index (χ3v) is 5.71. The molecule has 10 heteroatoms. The summed E-state index contributed by atoms with van der Waals surface area (Å²) < 4.78 is 80.4. The number of nitrogens with one attached hydrogen (secondary N) is 1. The van der Waals surface area contributed by atoms with Crippen molar-refractivity contribution in [2.75, 3.05) is 6.54 Å². The first-order valence-corrected chi connectivity index (χ1v) is 9.58. The first-order valence-electron chi connectivity index (χ1n) is 8.09. The minimum atomic E-state index is -4.53. The summed E-state index contributed by atoms with van der Waals surface area (Å²) in [5.74, 6) is -0.691. The van der Waals surface area contributed by atoms with Gasteiger partial charge in [-0.05, 0) is 43.9 Å². The molecule has 1 aliphatic rings. The second kappa shape index (κ2) is 6.99. The summed E-state index contributed by atoms with van der Waals surface area (Å²) in [5.41, 5.74) is -0.176. The molecule has 0 fully saturated rings. The molecule has 1 aromatic heterocycles. The Morgan fingerprint density at radius 2 is 1.92 bits per heavy atom. The highest BCUT2D eigenvalue weighted by Crippen LogP contribution is 2.35. The minimum absolute atomic E-state index is 0.0348. The minimum Gasteiger partial charge on any atom is -0.267 e. The second-order valence-electron chi connectivity index (χ2n) is 6.06. The SMILES string of the molecule is O=S(=O)(NCCn1nc(C(F)(F)F)c2c1CCCC2)c1cccc(F)c1. The van der Waals surface area contributed by atoms with Crippen LogP contribution in [0.5, 0.6) is 0 Å². The largest absolute Gasteiger partial charge is 0.435 e. The number of halogens is 4. The molecule has 26 heavy (non-hydrogen) atoms. The topological polar surface area (TPSA) is 64.0 Å². The van der Waals surface area contributed by atoms with Crippen LogP contribution >= 0.6 is 0 Å². The summed E-state index contributed by atoms with van der Waals surface area (Å²) in [6.07, 6.45) is -2.29. The average Bonchev–Trinajstić information content (AvgIpc) is 2.94.